The van der Waals surface area contributed by atoms with Crippen molar-refractivity contribution in [2.75, 3.05) is 13.2 Å². The summed E-state index contributed by atoms with van der Waals surface area (Å²) < 4.78 is 1.47. The first-order valence-corrected chi connectivity index (χ1v) is 7.70. The second-order valence-corrected chi connectivity index (χ2v) is 6.49. The summed E-state index contributed by atoms with van der Waals surface area (Å²) in [5, 5.41) is 32.9. The minimum Gasteiger partial charge on any atom is -0.455 e. The Bertz CT molecular complexity index is 821. The van der Waals surface area contributed by atoms with E-state index in [9.17, 15) is 15.2 Å². The van der Waals surface area contributed by atoms with Crippen LogP contribution in [0.4, 0.5) is 0 Å². The SMILES string of the molecule is CC(C)(C)NCc1c(C(O)=[NH+]CCO)[n+](=O)c2ccccc2n1O. The molecule has 0 saturated heterocycles. The first-order valence-electron chi connectivity index (χ1n) is 7.70. The van der Waals surface area contributed by atoms with E-state index >= 15 is 0 Å². The highest BCUT2D eigenvalue weighted by atomic mass is 16.5. The van der Waals surface area contributed by atoms with Crippen LogP contribution in [-0.4, -0.2) is 44.7 Å². The molecule has 1 aromatic heterocycles. The summed E-state index contributed by atoms with van der Waals surface area (Å²) in [5.74, 6) is -0.404. The Morgan fingerprint density at radius 1 is 1.33 bits per heavy atom. The van der Waals surface area contributed by atoms with Gasteiger partial charge in [-0.15, -0.1) is 0 Å². The number of fused-ring (bicyclic) bond motifs is 1. The molecule has 0 aliphatic rings. The third-order valence-electron chi connectivity index (χ3n) is 3.48. The Balaban J connectivity index is 2.71. The zero-order valence-corrected chi connectivity index (χ0v) is 14.1. The molecule has 1 aromatic carbocycles. The molecule has 24 heavy (non-hydrogen) atoms. The highest BCUT2D eigenvalue weighted by Crippen LogP contribution is 2.14. The summed E-state index contributed by atoms with van der Waals surface area (Å²) >= 11 is 0. The van der Waals surface area contributed by atoms with E-state index in [1.807, 2.05) is 20.8 Å². The van der Waals surface area contributed by atoms with Crippen LogP contribution in [0.5, 0.6) is 0 Å². The molecule has 0 bridgehead atoms. The van der Waals surface area contributed by atoms with Gasteiger partial charge in [0.2, 0.25) is 0 Å². The number of para-hydroxylation sites is 2. The Kier molecular flexibility index (Phi) is 5.20. The van der Waals surface area contributed by atoms with Gasteiger partial charge in [0.05, 0.1) is 4.43 Å². The molecule has 130 valence electrons. The molecule has 8 nitrogen and oxygen atoms in total. The van der Waals surface area contributed by atoms with Crippen molar-refractivity contribution in [2.45, 2.75) is 32.9 Å². The zero-order valence-electron chi connectivity index (χ0n) is 14.1. The Morgan fingerprint density at radius 3 is 2.62 bits per heavy atom. The summed E-state index contributed by atoms with van der Waals surface area (Å²) in [6, 6.07) is 6.56. The predicted octanol–water partition coefficient (Wildman–Crippen LogP) is -0.941. The van der Waals surface area contributed by atoms with E-state index in [0.29, 0.717) is 9.94 Å². The molecular weight excluding hydrogens is 312 g/mol. The van der Waals surface area contributed by atoms with E-state index in [4.69, 9.17) is 5.11 Å². The number of aliphatic hydroxyl groups excluding tert-OH is 2. The van der Waals surface area contributed by atoms with Crippen LogP contribution in [0.2, 0.25) is 0 Å². The minimum atomic E-state index is -0.404. The smallest absolute Gasteiger partial charge is 0.440 e. The number of hydrogen-bond donors (Lipinski definition) is 5. The molecule has 0 aliphatic heterocycles. The fraction of sp³-hybridized carbons (Fsp3) is 0.438. The number of benzene rings is 1. The van der Waals surface area contributed by atoms with Crippen molar-refractivity contribution < 1.29 is 24.8 Å². The summed E-state index contributed by atoms with van der Waals surface area (Å²) in [4.78, 5) is 15.3. The molecule has 0 fully saturated rings. The molecule has 8 heteroatoms. The van der Waals surface area contributed by atoms with E-state index < -0.39 is 5.90 Å². The number of nitrogens with one attached hydrogen (secondary N) is 2. The van der Waals surface area contributed by atoms with Gasteiger partial charge in [-0.2, -0.15) is 4.73 Å². The van der Waals surface area contributed by atoms with Crippen molar-refractivity contribution in [1.82, 2.24) is 10.0 Å². The van der Waals surface area contributed by atoms with E-state index in [-0.39, 0.29) is 42.1 Å². The van der Waals surface area contributed by atoms with Crippen molar-refractivity contribution in [3.8, 4) is 0 Å². The number of nitrogens with zero attached hydrogens (tertiary/aromatic N) is 2. The summed E-state index contributed by atoms with van der Waals surface area (Å²) in [5.41, 5.74) is 0.407. The predicted molar refractivity (Wildman–Crippen MR) is 88.7 cm³/mol. The zero-order chi connectivity index (χ0) is 17.9. The molecule has 2 aromatic rings. The van der Waals surface area contributed by atoms with Crippen molar-refractivity contribution in [2.24, 2.45) is 0 Å². The standard InChI is InChI=1S/C16H22N4O4/c1-16(2,3)18-10-13-14(15(22)17-8-9-21)20(24)12-7-5-4-6-11(12)19(13)23/h4-7,18,21,23H,8-10H2,1-3H3/p+2. The lowest BCUT2D eigenvalue weighted by Gasteiger charge is -2.20. The van der Waals surface area contributed by atoms with Crippen LogP contribution in [-0.2, 0) is 6.54 Å². The van der Waals surface area contributed by atoms with Crippen LogP contribution in [0.1, 0.15) is 32.2 Å². The average Bonchev–Trinajstić information content (AvgIpc) is 2.53. The van der Waals surface area contributed by atoms with E-state index in [2.05, 4.69) is 10.3 Å². The Hall–Kier alpha value is -2.45. The van der Waals surface area contributed by atoms with E-state index in [1.165, 1.54) is 0 Å². The molecule has 0 spiro atoms. The first kappa shape index (κ1) is 17.9. The van der Waals surface area contributed by atoms with Crippen LogP contribution in [0.3, 0.4) is 0 Å². The van der Waals surface area contributed by atoms with E-state index in [0.717, 1.165) is 4.73 Å². The normalized spacial score (nSPS) is 12.8. The largest absolute Gasteiger partial charge is 0.455 e. The highest BCUT2D eigenvalue weighted by Gasteiger charge is 2.33. The molecule has 0 unspecified atom stereocenters. The molecule has 0 aliphatic carbocycles. The van der Waals surface area contributed by atoms with Crippen molar-refractivity contribution in [1.29, 1.82) is 0 Å². The number of aromatic nitrogens is 2. The topological polar surface area (TPSA) is 115 Å². The van der Waals surface area contributed by atoms with Crippen LogP contribution in [0.25, 0.3) is 11.0 Å². The van der Waals surface area contributed by atoms with E-state index in [1.54, 1.807) is 24.3 Å². The highest BCUT2D eigenvalue weighted by molar-refractivity contribution is 5.87. The minimum absolute atomic E-state index is 0.0796. The fourth-order valence-electron chi connectivity index (χ4n) is 2.30. The van der Waals surface area contributed by atoms with Gasteiger partial charge in [0.25, 0.3) is 5.52 Å². The Labute approximate surface area is 139 Å². The van der Waals surface area contributed by atoms with Crippen LogP contribution >= 0.6 is 0 Å². The quantitative estimate of drug-likeness (QED) is 0.209. The molecule has 2 rings (SSSR count). The monoisotopic (exact) mass is 336 g/mol. The van der Waals surface area contributed by atoms with Crippen molar-refractivity contribution in [3.05, 3.63) is 40.6 Å². The number of hydrogen-bond acceptors (Lipinski definition) is 4. The van der Waals surface area contributed by atoms with Crippen LogP contribution in [0.15, 0.2) is 24.3 Å². The lowest BCUT2D eigenvalue weighted by molar-refractivity contribution is -0.497. The number of rotatable bonds is 5. The lowest BCUT2D eigenvalue weighted by Crippen LogP contribution is -2.75. The third-order valence-corrected chi connectivity index (χ3v) is 3.48. The summed E-state index contributed by atoms with van der Waals surface area (Å²) in [6.07, 6.45) is 0. The molecule has 0 radical (unpaired) electrons. The molecule has 0 atom stereocenters. The second-order valence-electron chi connectivity index (χ2n) is 6.49. The number of aliphatic hydroxyl groups is 2. The van der Waals surface area contributed by atoms with Gasteiger partial charge in [0.1, 0.15) is 6.61 Å². The molecule has 0 amide bonds. The second kappa shape index (κ2) is 6.98. The first-order chi connectivity index (χ1) is 11.3. The van der Waals surface area contributed by atoms with Gasteiger partial charge in [-0.3, -0.25) is 0 Å². The average molecular weight is 336 g/mol. The molecular formula is C16H24N4O4+2. The van der Waals surface area contributed by atoms with Gasteiger partial charge in [-0.05, 0) is 26.8 Å². The van der Waals surface area contributed by atoms with Crippen LogP contribution in [0, 0.1) is 4.91 Å². The summed E-state index contributed by atoms with van der Waals surface area (Å²) in [7, 11) is 0. The van der Waals surface area contributed by atoms with Gasteiger partial charge in [0.15, 0.2) is 17.8 Å². The van der Waals surface area contributed by atoms with Gasteiger partial charge >= 0.3 is 11.6 Å². The summed E-state index contributed by atoms with van der Waals surface area (Å²) in [6.45, 7) is 5.89. The fourth-order valence-corrected chi connectivity index (χ4v) is 2.30. The van der Waals surface area contributed by atoms with Gasteiger partial charge in [0, 0.05) is 23.1 Å². The Morgan fingerprint density at radius 2 is 2.00 bits per heavy atom. The van der Waals surface area contributed by atoms with Gasteiger partial charge < -0.3 is 20.7 Å². The molecule has 0 saturated carbocycles. The third kappa shape index (κ3) is 3.72. The maximum Gasteiger partial charge on any atom is 0.440 e. The van der Waals surface area contributed by atoms with Gasteiger partial charge in [-0.25, -0.2) is 4.99 Å². The van der Waals surface area contributed by atoms with Gasteiger partial charge in [-0.1, -0.05) is 12.1 Å². The molecule has 1 heterocycles. The molecule has 5 N–H and O–H groups in total. The van der Waals surface area contributed by atoms with Crippen LogP contribution < -0.4 is 14.7 Å². The maximum absolute atomic E-state index is 12.7. The van der Waals surface area contributed by atoms with Crippen molar-refractivity contribution in [3.63, 3.8) is 0 Å². The van der Waals surface area contributed by atoms with Crippen molar-refractivity contribution >= 4 is 16.9 Å². The lowest BCUT2D eigenvalue weighted by atomic mass is 10.1. The maximum atomic E-state index is 12.7.